The molecule has 2 aromatic heterocycles. The van der Waals surface area contributed by atoms with Gasteiger partial charge in [0.15, 0.2) is 0 Å². The second-order valence-electron chi connectivity index (χ2n) is 3.25. The number of rotatable bonds is 3. The summed E-state index contributed by atoms with van der Waals surface area (Å²) in [6.07, 6.45) is 4.30. The van der Waals surface area contributed by atoms with Gasteiger partial charge >= 0.3 is 0 Å². The van der Waals surface area contributed by atoms with E-state index in [1.54, 1.807) is 6.20 Å². The molecule has 7 nitrogen and oxygen atoms in total. The first-order valence-corrected chi connectivity index (χ1v) is 5.06. The highest BCUT2D eigenvalue weighted by atomic mass is 35.5. The van der Waals surface area contributed by atoms with Crippen molar-refractivity contribution in [3.63, 3.8) is 0 Å². The van der Waals surface area contributed by atoms with Crippen LogP contribution in [-0.4, -0.2) is 25.7 Å². The molecule has 0 saturated heterocycles. The third kappa shape index (κ3) is 3.15. The lowest BCUT2D eigenvalue weighted by Crippen LogP contribution is -2.19. The van der Waals surface area contributed by atoms with Gasteiger partial charge in [-0.25, -0.2) is 9.97 Å². The van der Waals surface area contributed by atoms with Gasteiger partial charge in [0.25, 0.3) is 0 Å². The number of nitrogens with zero attached hydrogens (tertiary/aromatic N) is 4. The minimum Gasteiger partial charge on any atom is -0.396 e. The molecule has 0 unspecified atom stereocenters. The Morgan fingerprint density at radius 1 is 1.53 bits per heavy atom. The molecule has 88 valence electrons. The molecule has 17 heavy (non-hydrogen) atoms. The number of nitrogen functional groups attached to an aromatic ring is 1. The average Bonchev–Trinajstić information content (AvgIpc) is 2.63. The predicted octanol–water partition coefficient (Wildman–Crippen LogP) is 0.547. The number of nitrogens with two attached hydrogens (primary N) is 1. The van der Waals surface area contributed by atoms with E-state index in [2.05, 4.69) is 20.4 Å². The van der Waals surface area contributed by atoms with Crippen LogP contribution in [0.1, 0.15) is 0 Å². The van der Waals surface area contributed by atoms with Crippen molar-refractivity contribution in [3.8, 4) is 0 Å². The standard InChI is InChI=1S/C9H9ClN6O/c10-7-1-8(13-5-12-7)15-9(17)4-16-3-6(11)2-14-16/h1-3,5H,4,11H2,(H,12,13,15,17). The fourth-order valence-corrected chi connectivity index (χ4v) is 1.34. The first-order valence-electron chi connectivity index (χ1n) is 4.69. The molecule has 0 aliphatic rings. The number of nitrogens with one attached hydrogen (secondary N) is 1. The molecule has 2 rings (SSSR count). The Hall–Kier alpha value is -2.15. The second kappa shape index (κ2) is 4.79. The molecule has 3 N–H and O–H groups in total. The number of carbonyl (C=O) groups excluding carboxylic acids is 1. The highest BCUT2D eigenvalue weighted by Gasteiger charge is 2.05. The van der Waals surface area contributed by atoms with Crippen LogP contribution < -0.4 is 11.1 Å². The molecule has 0 aliphatic heterocycles. The zero-order valence-electron chi connectivity index (χ0n) is 8.67. The largest absolute Gasteiger partial charge is 0.396 e. The van der Waals surface area contributed by atoms with Gasteiger partial charge < -0.3 is 11.1 Å². The van der Waals surface area contributed by atoms with Crippen LogP contribution in [0.4, 0.5) is 11.5 Å². The summed E-state index contributed by atoms with van der Waals surface area (Å²) in [6.45, 7) is 0.0544. The number of carbonyl (C=O) groups is 1. The molecular weight excluding hydrogens is 244 g/mol. The van der Waals surface area contributed by atoms with Gasteiger partial charge in [0, 0.05) is 12.3 Å². The third-order valence-electron chi connectivity index (χ3n) is 1.86. The molecule has 0 bridgehead atoms. The van der Waals surface area contributed by atoms with Crippen molar-refractivity contribution in [1.82, 2.24) is 19.7 Å². The molecule has 2 heterocycles. The van der Waals surface area contributed by atoms with Crippen molar-refractivity contribution in [1.29, 1.82) is 0 Å². The lowest BCUT2D eigenvalue weighted by Gasteiger charge is -2.03. The maximum atomic E-state index is 11.6. The Labute approximate surface area is 102 Å². The van der Waals surface area contributed by atoms with Gasteiger partial charge in [0.1, 0.15) is 23.8 Å². The van der Waals surface area contributed by atoms with Crippen LogP contribution >= 0.6 is 11.6 Å². The summed E-state index contributed by atoms with van der Waals surface area (Å²) in [7, 11) is 0. The molecule has 0 aliphatic carbocycles. The van der Waals surface area contributed by atoms with Crippen molar-refractivity contribution in [3.05, 3.63) is 29.9 Å². The number of halogens is 1. The van der Waals surface area contributed by atoms with E-state index in [1.165, 1.54) is 23.3 Å². The van der Waals surface area contributed by atoms with Gasteiger partial charge in [-0.05, 0) is 0 Å². The molecule has 2 aromatic rings. The topological polar surface area (TPSA) is 98.7 Å². The lowest BCUT2D eigenvalue weighted by molar-refractivity contribution is -0.116. The summed E-state index contributed by atoms with van der Waals surface area (Å²) in [5.74, 6) is 0.0676. The van der Waals surface area contributed by atoms with Crippen LogP contribution in [-0.2, 0) is 11.3 Å². The van der Waals surface area contributed by atoms with Crippen LogP contribution in [0.3, 0.4) is 0 Å². The quantitative estimate of drug-likeness (QED) is 0.777. The molecule has 0 fully saturated rings. The molecule has 1 amide bonds. The fourth-order valence-electron chi connectivity index (χ4n) is 1.20. The van der Waals surface area contributed by atoms with E-state index >= 15 is 0 Å². The first-order chi connectivity index (χ1) is 8.13. The van der Waals surface area contributed by atoms with Crippen LogP contribution in [0.2, 0.25) is 5.15 Å². The maximum Gasteiger partial charge on any atom is 0.247 e. The summed E-state index contributed by atoms with van der Waals surface area (Å²) >= 11 is 5.66. The highest BCUT2D eigenvalue weighted by Crippen LogP contribution is 2.08. The zero-order valence-corrected chi connectivity index (χ0v) is 9.42. The Kier molecular flexibility index (Phi) is 3.20. The van der Waals surface area contributed by atoms with E-state index in [0.717, 1.165) is 0 Å². The Bertz CT molecular complexity index is 540. The van der Waals surface area contributed by atoms with E-state index in [1.807, 2.05) is 0 Å². The van der Waals surface area contributed by atoms with Gasteiger partial charge in [-0.15, -0.1) is 0 Å². The average molecular weight is 253 g/mol. The predicted molar refractivity (Wildman–Crippen MR) is 62.3 cm³/mol. The Balaban J connectivity index is 1.98. The van der Waals surface area contributed by atoms with Crippen LogP contribution in [0.25, 0.3) is 0 Å². The van der Waals surface area contributed by atoms with Crippen molar-refractivity contribution >= 4 is 29.0 Å². The zero-order chi connectivity index (χ0) is 12.3. The summed E-state index contributed by atoms with van der Waals surface area (Å²) in [4.78, 5) is 19.1. The summed E-state index contributed by atoms with van der Waals surface area (Å²) in [5, 5.41) is 6.71. The second-order valence-corrected chi connectivity index (χ2v) is 3.63. The minimum atomic E-state index is -0.275. The molecule has 0 spiro atoms. The summed E-state index contributed by atoms with van der Waals surface area (Å²) < 4.78 is 1.42. The summed E-state index contributed by atoms with van der Waals surface area (Å²) in [6, 6.07) is 1.46. The molecule has 0 saturated carbocycles. The number of aromatic nitrogens is 4. The third-order valence-corrected chi connectivity index (χ3v) is 2.07. The number of amides is 1. The SMILES string of the molecule is Nc1cnn(CC(=O)Nc2cc(Cl)ncn2)c1. The Morgan fingerprint density at radius 3 is 3.00 bits per heavy atom. The highest BCUT2D eigenvalue weighted by molar-refractivity contribution is 6.29. The number of hydrogen-bond acceptors (Lipinski definition) is 5. The molecule has 0 radical (unpaired) electrons. The van der Waals surface area contributed by atoms with E-state index in [4.69, 9.17) is 17.3 Å². The summed E-state index contributed by atoms with van der Waals surface area (Å²) in [5.41, 5.74) is 5.98. The van der Waals surface area contributed by atoms with Gasteiger partial charge in [-0.2, -0.15) is 5.10 Å². The normalized spacial score (nSPS) is 10.2. The molecule has 0 atom stereocenters. The molecule has 0 aromatic carbocycles. The monoisotopic (exact) mass is 252 g/mol. The van der Waals surface area contributed by atoms with Gasteiger partial charge in [0.05, 0.1) is 11.9 Å². The molecular formula is C9H9ClN6O. The van der Waals surface area contributed by atoms with Crippen LogP contribution in [0.15, 0.2) is 24.8 Å². The van der Waals surface area contributed by atoms with Crippen LogP contribution in [0.5, 0.6) is 0 Å². The van der Waals surface area contributed by atoms with E-state index < -0.39 is 0 Å². The van der Waals surface area contributed by atoms with E-state index in [9.17, 15) is 4.79 Å². The fraction of sp³-hybridized carbons (Fsp3) is 0.111. The number of hydrogen-bond donors (Lipinski definition) is 2. The van der Waals surface area contributed by atoms with Crippen molar-refractivity contribution in [2.24, 2.45) is 0 Å². The van der Waals surface area contributed by atoms with E-state index in [-0.39, 0.29) is 17.6 Å². The molecule has 8 heteroatoms. The smallest absolute Gasteiger partial charge is 0.247 e. The van der Waals surface area contributed by atoms with Gasteiger partial charge in [-0.1, -0.05) is 11.6 Å². The maximum absolute atomic E-state index is 11.6. The first kappa shape index (κ1) is 11.3. The van der Waals surface area contributed by atoms with Crippen molar-refractivity contribution in [2.75, 3.05) is 11.1 Å². The van der Waals surface area contributed by atoms with Crippen LogP contribution in [0, 0.1) is 0 Å². The van der Waals surface area contributed by atoms with Gasteiger partial charge in [0.2, 0.25) is 5.91 Å². The van der Waals surface area contributed by atoms with Crippen molar-refractivity contribution < 1.29 is 4.79 Å². The minimum absolute atomic E-state index is 0.0544. The van der Waals surface area contributed by atoms with Gasteiger partial charge in [-0.3, -0.25) is 9.48 Å². The van der Waals surface area contributed by atoms with E-state index in [0.29, 0.717) is 11.5 Å². The Morgan fingerprint density at radius 2 is 2.35 bits per heavy atom. The van der Waals surface area contributed by atoms with Crippen molar-refractivity contribution in [2.45, 2.75) is 6.54 Å². The number of anilines is 2. The lowest BCUT2D eigenvalue weighted by atomic mass is 10.5.